The van der Waals surface area contributed by atoms with Gasteiger partial charge in [0.25, 0.3) is 0 Å². The van der Waals surface area contributed by atoms with Gasteiger partial charge in [-0.1, -0.05) is 13.8 Å². The van der Waals surface area contributed by atoms with Gasteiger partial charge in [0.05, 0.1) is 6.61 Å². The molecular weight excluding hydrogens is 352 g/mol. The van der Waals surface area contributed by atoms with Gasteiger partial charge in [-0.3, -0.25) is 14.4 Å². The predicted molar refractivity (Wildman–Crippen MR) is 97.8 cm³/mol. The first kappa shape index (κ1) is 21.0. The van der Waals surface area contributed by atoms with E-state index in [4.69, 9.17) is 4.74 Å². The van der Waals surface area contributed by atoms with Crippen molar-refractivity contribution in [3.63, 3.8) is 0 Å². The molecule has 0 aromatic rings. The second kappa shape index (κ2) is 9.57. The Morgan fingerprint density at radius 1 is 0.852 bits per heavy atom. The zero-order valence-electron chi connectivity index (χ0n) is 16.4. The minimum absolute atomic E-state index is 0.0988. The number of carbonyl (C=O) groups excluding carboxylic acids is 4. The summed E-state index contributed by atoms with van der Waals surface area (Å²) in [5.74, 6) is -1.24. The Hall–Kier alpha value is -2.32. The average molecular weight is 382 g/mol. The number of hydrogen-bond donors (Lipinski definition) is 1. The van der Waals surface area contributed by atoms with E-state index in [1.165, 1.54) is 4.90 Å². The average Bonchev–Trinajstić information content (AvgIpc) is 3.19. The highest BCUT2D eigenvalue weighted by Crippen LogP contribution is 2.12. The van der Waals surface area contributed by atoms with Gasteiger partial charge in [0.15, 0.2) is 0 Å². The van der Waals surface area contributed by atoms with Crippen LogP contribution < -0.4 is 5.32 Å². The number of likely N-dealkylation sites (tertiary alicyclic amines) is 1. The highest BCUT2D eigenvalue weighted by Gasteiger charge is 2.34. The van der Waals surface area contributed by atoms with Crippen LogP contribution in [0, 0.1) is 5.92 Å². The predicted octanol–water partition coefficient (Wildman–Crippen LogP) is 0.0503. The van der Waals surface area contributed by atoms with Crippen LogP contribution in [0.5, 0.6) is 0 Å². The smallest absolute Gasteiger partial charge is 0.407 e. The molecular formula is C18H30N4O5. The Bertz CT molecular complexity index is 566. The number of nitrogens with zero attached hydrogens (tertiary/aromatic N) is 3. The standard InChI is InChI=1S/C18H30N4O5/c1-4-27-18(26)19-14(13(2)3)15(23)21-9-11-22(12-10-21)17(25)16(24)20-7-5-6-8-20/h13-14H,4-12H2,1-3H3,(H,19,26). The Balaban J connectivity index is 1.89. The number of nitrogens with one attached hydrogen (secondary N) is 1. The van der Waals surface area contributed by atoms with Gasteiger partial charge in [-0.05, 0) is 25.7 Å². The Morgan fingerprint density at radius 2 is 1.33 bits per heavy atom. The molecule has 0 radical (unpaired) electrons. The van der Waals surface area contributed by atoms with Crippen LogP contribution in [0.25, 0.3) is 0 Å². The zero-order valence-corrected chi connectivity index (χ0v) is 16.4. The summed E-state index contributed by atoms with van der Waals surface area (Å²) in [6.07, 6.45) is 1.26. The molecule has 0 bridgehead atoms. The molecule has 2 saturated heterocycles. The summed E-state index contributed by atoms with van der Waals surface area (Å²) in [6, 6.07) is -0.683. The molecule has 2 aliphatic rings. The monoisotopic (exact) mass is 382 g/mol. The summed E-state index contributed by atoms with van der Waals surface area (Å²) in [4.78, 5) is 53.8. The van der Waals surface area contributed by atoms with E-state index in [9.17, 15) is 19.2 Å². The molecule has 1 N–H and O–H groups in total. The van der Waals surface area contributed by atoms with E-state index in [0.29, 0.717) is 39.3 Å². The maximum Gasteiger partial charge on any atom is 0.407 e. The molecule has 1 unspecified atom stereocenters. The molecule has 1 atom stereocenters. The molecule has 0 spiro atoms. The summed E-state index contributed by atoms with van der Waals surface area (Å²) in [6.45, 7) is 8.21. The molecule has 4 amide bonds. The van der Waals surface area contributed by atoms with Crippen LogP contribution >= 0.6 is 0 Å². The van der Waals surface area contributed by atoms with Crippen molar-refractivity contribution in [2.45, 2.75) is 39.7 Å². The molecule has 2 aliphatic heterocycles. The van der Waals surface area contributed by atoms with Crippen molar-refractivity contribution in [2.24, 2.45) is 5.92 Å². The van der Waals surface area contributed by atoms with Crippen LogP contribution in [0.3, 0.4) is 0 Å². The third-order valence-electron chi connectivity index (χ3n) is 4.94. The summed E-state index contributed by atoms with van der Waals surface area (Å²) in [7, 11) is 0. The molecule has 0 aliphatic carbocycles. The first-order valence-electron chi connectivity index (χ1n) is 9.65. The van der Waals surface area contributed by atoms with Gasteiger partial charge in [0, 0.05) is 39.3 Å². The Labute approximate surface area is 160 Å². The fraction of sp³-hybridized carbons (Fsp3) is 0.778. The van der Waals surface area contributed by atoms with Crippen LogP contribution in [-0.4, -0.2) is 90.4 Å². The first-order chi connectivity index (χ1) is 12.8. The fourth-order valence-corrected chi connectivity index (χ4v) is 3.33. The van der Waals surface area contributed by atoms with Gasteiger partial charge >= 0.3 is 17.9 Å². The van der Waals surface area contributed by atoms with Gasteiger partial charge < -0.3 is 24.8 Å². The normalized spacial score (nSPS) is 18.4. The van der Waals surface area contributed by atoms with Crippen molar-refractivity contribution in [1.82, 2.24) is 20.0 Å². The number of hydrogen-bond acceptors (Lipinski definition) is 5. The highest BCUT2D eigenvalue weighted by molar-refractivity contribution is 6.35. The van der Waals surface area contributed by atoms with Gasteiger partial charge in [0.2, 0.25) is 5.91 Å². The third-order valence-corrected chi connectivity index (χ3v) is 4.94. The van der Waals surface area contributed by atoms with Crippen LogP contribution in [0.4, 0.5) is 4.79 Å². The van der Waals surface area contributed by atoms with Gasteiger partial charge in [-0.25, -0.2) is 4.79 Å². The van der Waals surface area contributed by atoms with E-state index < -0.39 is 23.9 Å². The van der Waals surface area contributed by atoms with E-state index in [0.717, 1.165) is 12.8 Å². The topological polar surface area (TPSA) is 99.3 Å². The summed E-state index contributed by atoms with van der Waals surface area (Å²) in [5.41, 5.74) is 0. The molecule has 152 valence electrons. The molecule has 2 heterocycles. The highest BCUT2D eigenvalue weighted by atomic mass is 16.5. The lowest BCUT2D eigenvalue weighted by atomic mass is 10.0. The second-order valence-corrected chi connectivity index (χ2v) is 7.20. The van der Waals surface area contributed by atoms with E-state index in [2.05, 4.69) is 5.32 Å². The lowest BCUT2D eigenvalue weighted by Crippen LogP contribution is -2.58. The number of piperazine rings is 1. The van der Waals surface area contributed by atoms with Crippen LogP contribution in [0.2, 0.25) is 0 Å². The van der Waals surface area contributed by atoms with E-state index in [1.807, 2.05) is 13.8 Å². The van der Waals surface area contributed by atoms with E-state index in [-0.39, 0.29) is 18.4 Å². The number of rotatable bonds is 4. The molecule has 9 nitrogen and oxygen atoms in total. The van der Waals surface area contributed by atoms with Gasteiger partial charge in [-0.2, -0.15) is 0 Å². The lowest BCUT2D eigenvalue weighted by Gasteiger charge is -2.37. The van der Waals surface area contributed by atoms with Crippen molar-refractivity contribution >= 4 is 23.8 Å². The molecule has 2 fully saturated rings. The van der Waals surface area contributed by atoms with Gasteiger partial charge in [-0.15, -0.1) is 0 Å². The summed E-state index contributed by atoms with van der Waals surface area (Å²) >= 11 is 0. The van der Waals surface area contributed by atoms with Crippen molar-refractivity contribution in [2.75, 3.05) is 45.9 Å². The number of alkyl carbamates (subject to hydrolysis) is 1. The SMILES string of the molecule is CCOC(=O)NC(C(=O)N1CCN(C(=O)C(=O)N2CCCC2)CC1)C(C)C. The number of carbonyl (C=O) groups is 4. The van der Waals surface area contributed by atoms with Crippen molar-refractivity contribution in [3.05, 3.63) is 0 Å². The maximum atomic E-state index is 12.8. The molecule has 27 heavy (non-hydrogen) atoms. The molecule has 0 aromatic heterocycles. The molecule has 9 heteroatoms. The summed E-state index contributed by atoms with van der Waals surface area (Å²) in [5, 5.41) is 2.61. The minimum Gasteiger partial charge on any atom is -0.450 e. The quantitative estimate of drug-likeness (QED) is 0.693. The third kappa shape index (κ3) is 5.33. The van der Waals surface area contributed by atoms with Crippen molar-refractivity contribution < 1.29 is 23.9 Å². The molecule has 2 rings (SSSR count). The largest absolute Gasteiger partial charge is 0.450 e. The van der Waals surface area contributed by atoms with Crippen LogP contribution in [0.15, 0.2) is 0 Å². The van der Waals surface area contributed by atoms with Crippen molar-refractivity contribution in [3.8, 4) is 0 Å². The Morgan fingerprint density at radius 3 is 1.81 bits per heavy atom. The molecule has 0 aromatic carbocycles. The van der Waals surface area contributed by atoms with Crippen molar-refractivity contribution in [1.29, 1.82) is 0 Å². The maximum absolute atomic E-state index is 12.8. The molecule has 0 saturated carbocycles. The van der Waals surface area contributed by atoms with Crippen LogP contribution in [0.1, 0.15) is 33.6 Å². The minimum atomic E-state index is -0.683. The van der Waals surface area contributed by atoms with E-state index >= 15 is 0 Å². The fourth-order valence-electron chi connectivity index (χ4n) is 3.33. The van der Waals surface area contributed by atoms with E-state index in [1.54, 1.807) is 16.7 Å². The first-order valence-corrected chi connectivity index (χ1v) is 9.65. The second-order valence-electron chi connectivity index (χ2n) is 7.20. The van der Waals surface area contributed by atoms with Crippen LogP contribution in [-0.2, 0) is 19.1 Å². The lowest BCUT2D eigenvalue weighted by molar-refractivity contribution is -0.153. The number of amides is 4. The summed E-state index contributed by atoms with van der Waals surface area (Å²) < 4.78 is 4.87. The number of ether oxygens (including phenoxy) is 1. The Kier molecular flexibility index (Phi) is 7.44. The van der Waals surface area contributed by atoms with Gasteiger partial charge in [0.1, 0.15) is 6.04 Å². The zero-order chi connectivity index (χ0) is 20.0.